The Balaban J connectivity index is 1.69. The summed E-state index contributed by atoms with van der Waals surface area (Å²) in [7, 11) is -1.88. The Bertz CT molecular complexity index is 990. The first-order chi connectivity index (χ1) is 12.4. The van der Waals surface area contributed by atoms with Gasteiger partial charge in [0.2, 0.25) is 10.0 Å². The lowest BCUT2D eigenvalue weighted by atomic mass is 10.0. The van der Waals surface area contributed by atoms with E-state index in [-0.39, 0.29) is 0 Å². The maximum absolute atomic E-state index is 12.5. The molecule has 0 aliphatic carbocycles. The van der Waals surface area contributed by atoms with Crippen LogP contribution in [0.25, 0.3) is 10.9 Å². The molecule has 2 aromatic carbocycles. The molecule has 26 heavy (non-hydrogen) atoms. The predicted octanol–water partition coefficient (Wildman–Crippen LogP) is 3.82. The molecule has 3 rings (SSSR count). The van der Waals surface area contributed by atoms with Crippen molar-refractivity contribution in [1.29, 1.82) is 0 Å². The summed E-state index contributed by atoms with van der Waals surface area (Å²) >= 11 is 0. The minimum Gasteiger partial charge on any atom is -0.497 e. The van der Waals surface area contributed by atoms with Crippen LogP contribution < -0.4 is 9.46 Å². The van der Waals surface area contributed by atoms with Crippen molar-refractivity contribution in [3.63, 3.8) is 0 Å². The van der Waals surface area contributed by atoms with Crippen molar-refractivity contribution in [2.24, 2.45) is 0 Å². The highest BCUT2D eigenvalue weighted by Gasteiger charge is 2.14. The molecule has 0 aliphatic heterocycles. The highest BCUT2D eigenvalue weighted by molar-refractivity contribution is 7.89. The predicted molar refractivity (Wildman–Crippen MR) is 104 cm³/mol. The van der Waals surface area contributed by atoms with Crippen LogP contribution in [0.1, 0.15) is 30.9 Å². The number of sulfonamides is 1. The van der Waals surface area contributed by atoms with E-state index in [1.54, 1.807) is 19.2 Å². The summed E-state index contributed by atoms with van der Waals surface area (Å²) in [5.41, 5.74) is 3.18. The lowest BCUT2D eigenvalue weighted by Crippen LogP contribution is -2.26. The largest absolute Gasteiger partial charge is 0.497 e. The lowest BCUT2D eigenvalue weighted by Gasteiger charge is -2.09. The third-order valence-electron chi connectivity index (χ3n) is 4.52. The molecular weight excluding hydrogens is 348 g/mol. The molecule has 0 radical (unpaired) electrons. The third-order valence-corrected chi connectivity index (χ3v) is 6.00. The van der Waals surface area contributed by atoms with Gasteiger partial charge in [0.25, 0.3) is 0 Å². The topological polar surface area (TPSA) is 71.2 Å². The van der Waals surface area contributed by atoms with Crippen molar-refractivity contribution < 1.29 is 13.2 Å². The molecule has 1 heterocycles. The first kappa shape index (κ1) is 18.5. The van der Waals surface area contributed by atoms with E-state index in [0.29, 0.717) is 23.8 Å². The number of aromatic amines is 1. The second-order valence-electron chi connectivity index (χ2n) is 6.60. The van der Waals surface area contributed by atoms with Crippen LogP contribution in [-0.4, -0.2) is 27.1 Å². The van der Waals surface area contributed by atoms with Crippen molar-refractivity contribution >= 4 is 20.9 Å². The minimum atomic E-state index is -3.51. The molecule has 0 unspecified atom stereocenters. The van der Waals surface area contributed by atoms with Crippen molar-refractivity contribution in [3.05, 3.63) is 59.8 Å². The highest BCUT2D eigenvalue weighted by Crippen LogP contribution is 2.24. The van der Waals surface area contributed by atoms with Crippen molar-refractivity contribution in [1.82, 2.24) is 9.71 Å². The Kier molecular flexibility index (Phi) is 5.34. The number of H-pyrrole nitrogens is 1. The van der Waals surface area contributed by atoms with Crippen LogP contribution in [0.5, 0.6) is 5.75 Å². The minimum absolute atomic E-state index is 0.294. The summed E-state index contributed by atoms with van der Waals surface area (Å²) in [6.07, 6.45) is 2.51. The second kappa shape index (κ2) is 7.51. The maximum atomic E-state index is 12.5. The van der Waals surface area contributed by atoms with E-state index in [1.165, 1.54) is 0 Å². The highest BCUT2D eigenvalue weighted by atomic mass is 32.2. The van der Waals surface area contributed by atoms with Crippen LogP contribution in [0.3, 0.4) is 0 Å². The van der Waals surface area contributed by atoms with E-state index in [4.69, 9.17) is 4.74 Å². The third kappa shape index (κ3) is 3.92. The van der Waals surface area contributed by atoms with Crippen LogP contribution in [-0.2, 0) is 16.4 Å². The van der Waals surface area contributed by atoms with Crippen LogP contribution >= 0.6 is 0 Å². The fraction of sp³-hybridized carbons (Fsp3) is 0.300. The quantitative estimate of drug-likeness (QED) is 0.662. The second-order valence-corrected chi connectivity index (χ2v) is 8.36. The smallest absolute Gasteiger partial charge is 0.240 e. The summed E-state index contributed by atoms with van der Waals surface area (Å²) in [5.74, 6) is 1.16. The van der Waals surface area contributed by atoms with Gasteiger partial charge in [0.15, 0.2) is 0 Å². The molecular formula is C20H24N2O3S. The number of benzene rings is 2. The van der Waals surface area contributed by atoms with Gasteiger partial charge in [-0.2, -0.15) is 0 Å². The number of aromatic nitrogens is 1. The zero-order chi connectivity index (χ0) is 18.7. The van der Waals surface area contributed by atoms with Gasteiger partial charge in [-0.1, -0.05) is 26.0 Å². The van der Waals surface area contributed by atoms with E-state index in [2.05, 4.69) is 23.6 Å². The van der Waals surface area contributed by atoms with E-state index in [0.717, 1.165) is 27.8 Å². The number of methoxy groups -OCH3 is 1. The molecule has 5 nitrogen and oxygen atoms in total. The normalized spacial score (nSPS) is 12.0. The molecule has 0 aliphatic rings. The van der Waals surface area contributed by atoms with Gasteiger partial charge in [-0.25, -0.2) is 13.1 Å². The van der Waals surface area contributed by atoms with Gasteiger partial charge in [-0.05, 0) is 53.8 Å². The van der Waals surface area contributed by atoms with Gasteiger partial charge in [0, 0.05) is 23.6 Å². The number of nitrogens with one attached hydrogen (secondary N) is 2. The Hall–Kier alpha value is -2.31. The SMILES string of the molecule is COc1ccc2[nH]cc(CCNS(=O)(=O)c3ccc(C(C)C)cc3)c2c1. The number of fused-ring (bicyclic) bond motifs is 1. The van der Waals surface area contributed by atoms with Gasteiger partial charge >= 0.3 is 0 Å². The molecule has 138 valence electrons. The summed E-state index contributed by atoms with van der Waals surface area (Å²) < 4.78 is 32.9. The Morgan fingerprint density at radius 1 is 1.12 bits per heavy atom. The molecule has 2 N–H and O–H groups in total. The first-order valence-electron chi connectivity index (χ1n) is 8.64. The van der Waals surface area contributed by atoms with Crippen LogP contribution in [0.4, 0.5) is 0 Å². The van der Waals surface area contributed by atoms with Gasteiger partial charge < -0.3 is 9.72 Å². The molecule has 3 aromatic rings. The fourth-order valence-electron chi connectivity index (χ4n) is 2.93. The molecule has 0 saturated heterocycles. The number of rotatable bonds is 7. The Morgan fingerprint density at radius 2 is 1.85 bits per heavy atom. The van der Waals surface area contributed by atoms with Crippen molar-refractivity contribution in [3.8, 4) is 5.75 Å². The van der Waals surface area contributed by atoms with Crippen molar-refractivity contribution in [2.45, 2.75) is 31.1 Å². The van der Waals surface area contributed by atoms with E-state index in [1.807, 2.05) is 36.5 Å². The van der Waals surface area contributed by atoms with Crippen molar-refractivity contribution in [2.75, 3.05) is 13.7 Å². The number of hydrogen-bond donors (Lipinski definition) is 2. The average molecular weight is 372 g/mol. The van der Waals surface area contributed by atoms with Gasteiger partial charge in [-0.3, -0.25) is 0 Å². The first-order valence-corrected chi connectivity index (χ1v) is 10.1. The lowest BCUT2D eigenvalue weighted by molar-refractivity contribution is 0.415. The van der Waals surface area contributed by atoms with E-state index in [9.17, 15) is 8.42 Å². The maximum Gasteiger partial charge on any atom is 0.240 e. The molecule has 1 aromatic heterocycles. The monoisotopic (exact) mass is 372 g/mol. The molecule has 0 amide bonds. The Morgan fingerprint density at radius 3 is 2.50 bits per heavy atom. The molecule has 6 heteroatoms. The van der Waals surface area contributed by atoms with Gasteiger partial charge in [0.05, 0.1) is 12.0 Å². The molecule has 0 atom stereocenters. The standard InChI is InChI=1S/C20H24N2O3S/c1-14(2)15-4-7-18(8-5-15)26(23,24)22-11-10-16-13-21-20-9-6-17(25-3)12-19(16)20/h4-9,12-14,21-22H,10-11H2,1-3H3. The van der Waals surface area contributed by atoms with Crippen LogP contribution in [0.2, 0.25) is 0 Å². The van der Waals surface area contributed by atoms with Crippen LogP contribution in [0, 0.1) is 0 Å². The molecule has 0 fully saturated rings. The molecule has 0 bridgehead atoms. The zero-order valence-corrected chi connectivity index (χ0v) is 16.1. The number of hydrogen-bond acceptors (Lipinski definition) is 3. The van der Waals surface area contributed by atoms with Gasteiger partial charge in [-0.15, -0.1) is 0 Å². The Labute approximate surface area is 154 Å². The summed E-state index contributed by atoms with van der Waals surface area (Å²) in [6, 6.07) is 12.9. The summed E-state index contributed by atoms with van der Waals surface area (Å²) in [6.45, 7) is 4.49. The zero-order valence-electron chi connectivity index (χ0n) is 15.2. The molecule has 0 saturated carbocycles. The summed E-state index contributed by atoms with van der Waals surface area (Å²) in [5, 5.41) is 1.05. The molecule has 0 spiro atoms. The van der Waals surface area contributed by atoms with Gasteiger partial charge in [0.1, 0.15) is 5.75 Å². The average Bonchev–Trinajstić information content (AvgIpc) is 3.04. The van der Waals surface area contributed by atoms with E-state index < -0.39 is 10.0 Å². The van der Waals surface area contributed by atoms with E-state index >= 15 is 0 Å². The number of ether oxygens (including phenoxy) is 1. The fourth-order valence-corrected chi connectivity index (χ4v) is 3.96. The summed E-state index contributed by atoms with van der Waals surface area (Å²) in [4.78, 5) is 3.50. The van der Waals surface area contributed by atoms with Crippen LogP contribution in [0.15, 0.2) is 53.6 Å².